The largest absolute Gasteiger partial charge is 0.444 e. The fourth-order valence-corrected chi connectivity index (χ4v) is 3.20. The van der Waals surface area contributed by atoms with Crippen molar-refractivity contribution in [3.05, 3.63) is 35.1 Å². The summed E-state index contributed by atoms with van der Waals surface area (Å²) in [5.74, 6) is -3.26. The highest BCUT2D eigenvalue weighted by Crippen LogP contribution is 2.33. The molecule has 0 saturated carbocycles. The van der Waals surface area contributed by atoms with Crippen LogP contribution < -0.4 is 0 Å². The molecule has 0 aromatic heterocycles. The van der Waals surface area contributed by atoms with E-state index in [1.807, 2.05) is 6.92 Å². The lowest BCUT2D eigenvalue weighted by Gasteiger charge is -2.28. The Hall–Kier alpha value is -1.41. The van der Waals surface area contributed by atoms with Crippen LogP contribution in [-0.2, 0) is 16.1 Å². The molecule has 1 aromatic carbocycles. The second-order valence-electron chi connectivity index (χ2n) is 7.84. The van der Waals surface area contributed by atoms with Crippen molar-refractivity contribution in [3.63, 3.8) is 0 Å². The fraction of sp³-hybridized carbons (Fsp3) is 0.611. The number of thiol groups is 1. The molecule has 0 spiro atoms. The van der Waals surface area contributed by atoms with Crippen molar-refractivity contribution >= 4 is 18.7 Å². The highest BCUT2D eigenvalue weighted by molar-refractivity contribution is 7.81. The van der Waals surface area contributed by atoms with Gasteiger partial charge in [-0.15, -0.1) is 0 Å². The van der Waals surface area contributed by atoms with Crippen LogP contribution in [-0.4, -0.2) is 40.5 Å². The number of rotatable bonds is 4. The van der Waals surface area contributed by atoms with Gasteiger partial charge in [0, 0.05) is 22.9 Å². The summed E-state index contributed by atoms with van der Waals surface area (Å²) in [4.78, 5) is 13.9. The summed E-state index contributed by atoms with van der Waals surface area (Å²) >= 11 is 4.55. The first-order valence-electron chi connectivity index (χ1n) is 8.31. The molecule has 146 valence electrons. The van der Waals surface area contributed by atoms with E-state index in [1.54, 1.807) is 25.7 Å². The lowest BCUT2D eigenvalue weighted by atomic mass is 10.1. The monoisotopic (exact) mass is 391 g/mol. The maximum atomic E-state index is 13.7. The van der Waals surface area contributed by atoms with E-state index in [1.165, 1.54) is 0 Å². The summed E-state index contributed by atoms with van der Waals surface area (Å²) in [6, 6.07) is 0.954. The van der Waals surface area contributed by atoms with Gasteiger partial charge in [0.1, 0.15) is 11.4 Å². The molecule has 1 aliphatic heterocycles. The molecule has 1 saturated heterocycles. The molecular formula is C18H24F3NO3S. The zero-order valence-electron chi connectivity index (χ0n) is 15.3. The van der Waals surface area contributed by atoms with Gasteiger partial charge in [-0.2, -0.15) is 12.6 Å². The van der Waals surface area contributed by atoms with Crippen molar-refractivity contribution in [1.82, 2.24) is 4.90 Å². The number of carbonyl (C=O) groups excluding carboxylic acids is 1. The molecule has 1 fully saturated rings. The smallest absolute Gasteiger partial charge is 0.410 e. The predicted molar refractivity (Wildman–Crippen MR) is 94.7 cm³/mol. The summed E-state index contributed by atoms with van der Waals surface area (Å²) in [6.07, 6.45) is 0.0955. The number of nitrogens with zero attached hydrogens (tertiary/aromatic N) is 1. The normalized spacial score (nSPS) is 23.4. The van der Waals surface area contributed by atoms with E-state index in [-0.39, 0.29) is 24.8 Å². The van der Waals surface area contributed by atoms with E-state index < -0.39 is 33.9 Å². The minimum absolute atomic E-state index is 0.0839. The molecule has 0 aliphatic carbocycles. The molecule has 1 amide bonds. The SMILES string of the molecule is CC(C)(C)OC(=O)N1C[C@](C)(S)C[C@H]1COCc1cc(F)c(F)cc1F. The minimum Gasteiger partial charge on any atom is -0.444 e. The Morgan fingerprint density at radius 2 is 1.88 bits per heavy atom. The Balaban J connectivity index is 2.00. The molecule has 1 heterocycles. The van der Waals surface area contributed by atoms with Crippen molar-refractivity contribution < 1.29 is 27.4 Å². The van der Waals surface area contributed by atoms with Crippen LogP contribution in [0.5, 0.6) is 0 Å². The first-order valence-corrected chi connectivity index (χ1v) is 8.76. The zero-order valence-corrected chi connectivity index (χ0v) is 16.2. The van der Waals surface area contributed by atoms with Crippen molar-refractivity contribution in [3.8, 4) is 0 Å². The Kier molecular flexibility index (Phi) is 6.17. The molecule has 1 aromatic rings. The van der Waals surface area contributed by atoms with Crippen LogP contribution in [0.4, 0.5) is 18.0 Å². The number of amides is 1. The average Bonchev–Trinajstić information content (AvgIpc) is 2.78. The molecule has 8 heteroatoms. The Morgan fingerprint density at radius 3 is 2.50 bits per heavy atom. The lowest BCUT2D eigenvalue weighted by Crippen LogP contribution is -2.42. The molecule has 0 bridgehead atoms. The number of hydrogen-bond donors (Lipinski definition) is 1. The molecule has 2 rings (SSSR count). The molecule has 0 unspecified atom stereocenters. The molecule has 1 aliphatic rings. The van der Waals surface area contributed by atoms with E-state index in [9.17, 15) is 18.0 Å². The molecular weight excluding hydrogens is 367 g/mol. The lowest BCUT2D eigenvalue weighted by molar-refractivity contribution is 0.00846. The van der Waals surface area contributed by atoms with E-state index in [0.717, 1.165) is 6.07 Å². The number of carbonyl (C=O) groups is 1. The maximum Gasteiger partial charge on any atom is 0.410 e. The summed E-state index contributed by atoms with van der Waals surface area (Å²) in [7, 11) is 0. The van der Waals surface area contributed by atoms with Gasteiger partial charge in [0.2, 0.25) is 0 Å². The third-order valence-corrected chi connectivity index (χ3v) is 4.24. The van der Waals surface area contributed by atoms with Crippen LogP contribution >= 0.6 is 12.6 Å². The van der Waals surface area contributed by atoms with Crippen LogP contribution in [0, 0.1) is 17.5 Å². The number of halogens is 3. The van der Waals surface area contributed by atoms with Crippen molar-refractivity contribution in [2.75, 3.05) is 13.2 Å². The van der Waals surface area contributed by atoms with E-state index in [2.05, 4.69) is 12.6 Å². The minimum atomic E-state index is -1.25. The zero-order chi connectivity index (χ0) is 19.7. The van der Waals surface area contributed by atoms with Crippen molar-refractivity contribution in [1.29, 1.82) is 0 Å². The van der Waals surface area contributed by atoms with Crippen molar-refractivity contribution in [2.24, 2.45) is 0 Å². The Bertz CT molecular complexity index is 676. The quantitative estimate of drug-likeness (QED) is 0.614. The summed E-state index contributed by atoms with van der Waals surface area (Å²) in [6.45, 7) is 7.49. The third-order valence-electron chi connectivity index (χ3n) is 3.91. The van der Waals surface area contributed by atoms with Crippen molar-refractivity contribution in [2.45, 2.75) is 57.1 Å². The number of hydrogen-bond acceptors (Lipinski definition) is 4. The molecule has 4 nitrogen and oxygen atoms in total. The van der Waals surface area contributed by atoms with Gasteiger partial charge in [-0.1, -0.05) is 0 Å². The Labute approximate surface area is 157 Å². The van der Waals surface area contributed by atoms with Gasteiger partial charge in [-0.05, 0) is 40.2 Å². The van der Waals surface area contributed by atoms with Crippen LogP contribution in [0.1, 0.15) is 39.7 Å². The molecule has 0 radical (unpaired) electrons. The highest BCUT2D eigenvalue weighted by Gasteiger charge is 2.42. The van der Waals surface area contributed by atoms with Gasteiger partial charge >= 0.3 is 6.09 Å². The van der Waals surface area contributed by atoms with Gasteiger partial charge in [0.25, 0.3) is 0 Å². The molecule has 2 atom stereocenters. The first kappa shape index (κ1) is 20.9. The van der Waals surface area contributed by atoms with Gasteiger partial charge < -0.3 is 14.4 Å². The highest BCUT2D eigenvalue weighted by atomic mass is 32.1. The van der Waals surface area contributed by atoms with Gasteiger partial charge in [0.15, 0.2) is 11.6 Å². The second kappa shape index (κ2) is 7.68. The van der Waals surface area contributed by atoms with E-state index >= 15 is 0 Å². The van der Waals surface area contributed by atoms with E-state index in [0.29, 0.717) is 19.0 Å². The fourth-order valence-electron chi connectivity index (χ4n) is 2.84. The number of ether oxygens (including phenoxy) is 2. The van der Waals surface area contributed by atoms with Crippen LogP contribution in [0.25, 0.3) is 0 Å². The second-order valence-corrected chi connectivity index (χ2v) is 8.92. The standard InChI is InChI=1S/C18H24F3NO3S/c1-17(2,3)25-16(23)22-10-18(4,26)7-12(22)9-24-8-11-5-14(20)15(21)6-13(11)19/h5-6,12,26H,7-10H2,1-4H3/t12-,18+/m0/s1. The number of likely N-dealkylation sites (tertiary alicyclic amines) is 1. The maximum absolute atomic E-state index is 13.7. The van der Waals surface area contributed by atoms with E-state index in [4.69, 9.17) is 9.47 Å². The average molecular weight is 391 g/mol. The Morgan fingerprint density at radius 1 is 1.27 bits per heavy atom. The predicted octanol–water partition coefficient (Wildman–Crippen LogP) is 4.32. The van der Waals surface area contributed by atoms with Gasteiger partial charge in [-0.3, -0.25) is 0 Å². The van der Waals surface area contributed by atoms with Crippen LogP contribution in [0.3, 0.4) is 0 Å². The molecule has 0 N–H and O–H groups in total. The third kappa shape index (κ3) is 5.54. The molecule has 26 heavy (non-hydrogen) atoms. The van der Waals surface area contributed by atoms with Crippen LogP contribution in [0.15, 0.2) is 12.1 Å². The van der Waals surface area contributed by atoms with Gasteiger partial charge in [-0.25, -0.2) is 18.0 Å². The van der Waals surface area contributed by atoms with Gasteiger partial charge in [0.05, 0.1) is 19.3 Å². The number of benzene rings is 1. The summed E-state index contributed by atoms with van der Waals surface area (Å²) in [5, 5.41) is 0. The summed E-state index contributed by atoms with van der Waals surface area (Å²) in [5.41, 5.74) is -0.716. The topological polar surface area (TPSA) is 38.8 Å². The first-order chi connectivity index (χ1) is 11.9. The van der Waals surface area contributed by atoms with Crippen LogP contribution in [0.2, 0.25) is 0 Å². The summed E-state index contributed by atoms with van der Waals surface area (Å²) < 4.78 is 50.3.